The average Bonchev–Trinajstić information content (AvgIpc) is 2.38. The zero-order valence-electron chi connectivity index (χ0n) is 9.82. The number of rotatable bonds is 4. The summed E-state index contributed by atoms with van der Waals surface area (Å²) in [5.74, 6) is -1.66. The van der Waals surface area contributed by atoms with Gasteiger partial charge in [-0.2, -0.15) is 5.10 Å². The van der Waals surface area contributed by atoms with Gasteiger partial charge < -0.3 is 5.32 Å². The lowest BCUT2D eigenvalue weighted by Gasteiger charge is -2.01. The summed E-state index contributed by atoms with van der Waals surface area (Å²) < 4.78 is 0. The summed E-state index contributed by atoms with van der Waals surface area (Å²) in [5, 5.41) is 6.82. The molecule has 0 aliphatic carbocycles. The molecular formula is C12H11Cl2N3O2. The molecule has 0 heterocycles. The lowest BCUT2D eigenvalue weighted by Crippen LogP contribution is -2.37. The molecule has 5 nitrogen and oxygen atoms in total. The first kappa shape index (κ1) is 15.2. The maximum Gasteiger partial charge on any atom is 0.329 e. The Kier molecular flexibility index (Phi) is 6.05. The van der Waals surface area contributed by atoms with Crippen molar-refractivity contribution in [3.63, 3.8) is 0 Å². The van der Waals surface area contributed by atoms with Gasteiger partial charge in [-0.05, 0) is 12.1 Å². The molecule has 0 aromatic heterocycles. The van der Waals surface area contributed by atoms with E-state index in [0.29, 0.717) is 15.6 Å². The molecule has 100 valence electrons. The number of amides is 2. The number of carbonyl (C=O) groups is 2. The molecule has 19 heavy (non-hydrogen) atoms. The minimum absolute atomic E-state index is 0.207. The molecule has 0 radical (unpaired) electrons. The second kappa shape index (κ2) is 7.56. The van der Waals surface area contributed by atoms with Crippen LogP contribution in [0.25, 0.3) is 0 Å². The molecule has 0 fully saturated rings. The fourth-order valence-corrected chi connectivity index (χ4v) is 1.52. The molecule has 0 saturated heterocycles. The summed E-state index contributed by atoms with van der Waals surface area (Å²) in [5.41, 5.74) is 2.64. The minimum Gasteiger partial charge on any atom is -0.344 e. The average molecular weight is 300 g/mol. The zero-order valence-corrected chi connectivity index (χ0v) is 11.3. The van der Waals surface area contributed by atoms with Crippen molar-refractivity contribution in [2.24, 2.45) is 5.10 Å². The summed E-state index contributed by atoms with van der Waals surface area (Å²) in [6, 6.07) is 4.81. The lowest BCUT2D eigenvalue weighted by molar-refractivity contribution is -0.139. The van der Waals surface area contributed by atoms with E-state index < -0.39 is 11.8 Å². The third-order valence-electron chi connectivity index (χ3n) is 1.95. The van der Waals surface area contributed by atoms with E-state index >= 15 is 0 Å². The van der Waals surface area contributed by atoms with Gasteiger partial charge in [0.1, 0.15) is 0 Å². The first-order valence-electron chi connectivity index (χ1n) is 5.21. The van der Waals surface area contributed by atoms with Gasteiger partial charge in [0.15, 0.2) is 0 Å². The highest BCUT2D eigenvalue weighted by molar-refractivity contribution is 6.36. The van der Waals surface area contributed by atoms with Gasteiger partial charge in [-0.15, -0.1) is 6.58 Å². The smallest absolute Gasteiger partial charge is 0.329 e. The predicted molar refractivity (Wildman–Crippen MR) is 75.4 cm³/mol. The summed E-state index contributed by atoms with van der Waals surface area (Å²) in [4.78, 5) is 22.4. The van der Waals surface area contributed by atoms with Crippen molar-refractivity contribution >= 4 is 41.2 Å². The third-order valence-corrected chi connectivity index (χ3v) is 2.51. The van der Waals surface area contributed by atoms with E-state index in [1.165, 1.54) is 12.3 Å². The van der Waals surface area contributed by atoms with Crippen LogP contribution in [0.15, 0.2) is 36.0 Å². The maximum atomic E-state index is 11.3. The van der Waals surface area contributed by atoms with Gasteiger partial charge in [0, 0.05) is 17.1 Å². The number of hydrogen-bond acceptors (Lipinski definition) is 3. The van der Waals surface area contributed by atoms with Crippen LogP contribution in [0.5, 0.6) is 0 Å². The molecule has 0 aliphatic rings. The lowest BCUT2D eigenvalue weighted by atomic mass is 10.2. The number of hydrazone groups is 1. The van der Waals surface area contributed by atoms with Crippen LogP contribution in [-0.2, 0) is 9.59 Å². The normalized spacial score (nSPS) is 10.2. The first-order valence-corrected chi connectivity index (χ1v) is 5.97. The van der Waals surface area contributed by atoms with Crippen LogP contribution in [0.3, 0.4) is 0 Å². The summed E-state index contributed by atoms with van der Waals surface area (Å²) in [6.07, 6.45) is 2.78. The molecule has 0 spiro atoms. The number of hydrogen-bond donors (Lipinski definition) is 2. The highest BCUT2D eigenvalue weighted by Crippen LogP contribution is 2.19. The fraction of sp³-hybridized carbons (Fsp3) is 0.0833. The van der Waals surface area contributed by atoms with Crippen molar-refractivity contribution in [2.75, 3.05) is 6.54 Å². The zero-order chi connectivity index (χ0) is 14.3. The van der Waals surface area contributed by atoms with Crippen molar-refractivity contribution in [2.45, 2.75) is 0 Å². The Morgan fingerprint density at radius 3 is 2.68 bits per heavy atom. The first-order chi connectivity index (χ1) is 9.04. The Hall–Kier alpha value is -1.85. The van der Waals surface area contributed by atoms with E-state index in [-0.39, 0.29) is 6.54 Å². The van der Waals surface area contributed by atoms with E-state index in [1.807, 2.05) is 0 Å². The molecule has 2 amide bonds. The van der Waals surface area contributed by atoms with Crippen LogP contribution < -0.4 is 10.7 Å². The molecule has 0 unspecified atom stereocenters. The Balaban J connectivity index is 2.56. The standard InChI is InChI=1S/C12H11Cl2N3O2/c1-2-5-15-11(18)12(19)17-16-7-8-3-4-9(13)6-10(8)14/h2-4,6-7H,1,5H2,(H,15,18)(H,17,19)/b16-7-. The minimum atomic E-state index is -0.872. The molecule has 1 aromatic carbocycles. The van der Waals surface area contributed by atoms with Crippen LogP contribution in [0.4, 0.5) is 0 Å². The van der Waals surface area contributed by atoms with Crippen molar-refractivity contribution < 1.29 is 9.59 Å². The van der Waals surface area contributed by atoms with Crippen LogP contribution in [-0.4, -0.2) is 24.6 Å². The van der Waals surface area contributed by atoms with Gasteiger partial charge in [0.05, 0.1) is 11.2 Å². The van der Waals surface area contributed by atoms with Gasteiger partial charge in [-0.1, -0.05) is 35.3 Å². The molecule has 1 aromatic rings. The molecule has 0 saturated carbocycles. The van der Waals surface area contributed by atoms with E-state index in [2.05, 4.69) is 22.4 Å². The monoisotopic (exact) mass is 299 g/mol. The SMILES string of the molecule is C=CCNC(=O)C(=O)N/N=C\c1ccc(Cl)cc1Cl. The maximum absolute atomic E-state index is 11.3. The number of nitrogens with zero attached hydrogens (tertiary/aromatic N) is 1. The molecule has 0 aliphatic heterocycles. The molecule has 1 rings (SSSR count). The molecule has 2 N–H and O–H groups in total. The largest absolute Gasteiger partial charge is 0.344 e. The summed E-state index contributed by atoms with van der Waals surface area (Å²) in [6.45, 7) is 3.62. The number of benzene rings is 1. The predicted octanol–water partition coefficient (Wildman–Crippen LogP) is 1.75. The van der Waals surface area contributed by atoms with Crippen LogP contribution in [0.1, 0.15) is 5.56 Å². The van der Waals surface area contributed by atoms with Gasteiger partial charge in [0.2, 0.25) is 0 Å². The Morgan fingerprint density at radius 2 is 2.05 bits per heavy atom. The van der Waals surface area contributed by atoms with Gasteiger partial charge >= 0.3 is 11.8 Å². The Bertz CT molecular complexity index is 530. The van der Waals surface area contributed by atoms with E-state index in [0.717, 1.165) is 0 Å². The summed E-state index contributed by atoms with van der Waals surface area (Å²) in [7, 11) is 0. The molecular weight excluding hydrogens is 289 g/mol. The van der Waals surface area contributed by atoms with E-state index in [9.17, 15) is 9.59 Å². The topological polar surface area (TPSA) is 70.6 Å². The Labute approximate surface area is 120 Å². The molecule has 0 bridgehead atoms. The number of carbonyl (C=O) groups excluding carboxylic acids is 2. The van der Waals surface area contributed by atoms with E-state index in [4.69, 9.17) is 23.2 Å². The fourth-order valence-electron chi connectivity index (χ4n) is 1.06. The highest BCUT2D eigenvalue weighted by Gasteiger charge is 2.10. The second-order valence-electron chi connectivity index (χ2n) is 3.36. The third kappa shape index (κ3) is 5.11. The molecule has 0 atom stereocenters. The Morgan fingerprint density at radius 1 is 1.32 bits per heavy atom. The highest BCUT2D eigenvalue weighted by atomic mass is 35.5. The van der Waals surface area contributed by atoms with Gasteiger partial charge in [0.25, 0.3) is 0 Å². The van der Waals surface area contributed by atoms with Crippen LogP contribution in [0.2, 0.25) is 10.0 Å². The number of halogens is 2. The van der Waals surface area contributed by atoms with Crippen molar-refractivity contribution in [3.8, 4) is 0 Å². The van der Waals surface area contributed by atoms with Crippen molar-refractivity contribution in [1.29, 1.82) is 0 Å². The second-order valence-corrected chi connectivity index (χ2v) is 4.21. The number of nitrogens with one attached hydrogen (secondary N) is 2. The van der Waals surface area contributed by atoms with Crippen LogP contribution in [0, 0.1) is 0 Å². The molecule has 7 heteroatoms. The van der Waals surface area contributed by atoms with Gasteiger partial charge in [-0.25, -0.2) is 5.43 Å². The summed E-state index contributed by atoms with van der Waals surface area (Å²) >= 11 is 11.6. The van der Waals surface area contributed by atoms with Crippen LogP contribution >= 0.6 is 23.2 Å². The van der Waals surface area contributed by atoms with Crippen molar-refractivity contribution in [1.82, 2.24) is 10.7 Å². The quantitative estimate of drug-likeness (QED) is 0.385. The van der Waals surface area contributed by atoms with Gasteiger partial charge in [-0.3, -0.25) is 9.59 Å². The van der Waals surface area contributed by atoms with Crippen molar-refractivity contribution in [3.05, 3.63) is 46.5 Å². The van der Waals surface area contributed by atoms with E-state index in [1.54, 1.807) is 18.2 Å².